The van der Waals surface area contributed by atoms with Crippen LogP contribution in [0.4, 0.5) is 13.6 Å². The molecule has 1 N–H and O–H groups in total. The molecule has 0 aliphatic carbocycles. The predicted molar refractivity (Wildman–Crippen MR) is 61.1 cm³/mol. The summed E-state index contributed by atoms with van der Waals surface area (Å²) in [4.78, 5) is 12.8. The topological polar surface area (TPSA) is 41.6 Å². The minimum absolute atomic E-state index is 0.206. The van der Waals surface area contributed by atoms with Gasteiger partial charge in [0.05, 0.1) is 12.6 Å². The maximum atomic E-state index is 13.7. The summed E-state index contributed by atoms with van der Waals surface area (Å²) in [7, 11) is 1.64. The molecule has 1 aliphatic heterocycles. The lowest BCUT2D eigenvalue weighted by molar-refractivity contribution is 0.156. The first kappa shape index (κ1) is 12.8. The van der Waals surface area contributed by atoms with Crippen LogP contribution in [0.1, 0.15) is 11.6 Å². The average molecular weight is 256 g/mol. The molecule has 0 saturated carbocycles. The van der Waals surface area contributed by atoms with Gasteiger partial charge in [-0.1, -0.05) is 12.1 Å². The number of benzene rings is 1. The van der Waals surface area contributed by atoms with E-state index in [1.807, 2.05) is 0 Å². The van der Waals surface area contributed by atoms with Crippen molar-refractivity contribution in [2.45, 2.75) is 6.04 Å². The number of amides is 1. The van der Waals surface area contributed by atoms with Crippen LogP contribution < -0.4 is 5.32 Å². The molecule has 2 rings (SSSR count). The summed E-state index contributed by atoms with van der Waals surface area (Å²) in [6.07, 6.45) is -0.424. The molecule has 0 aromatic heterocycles. The second kappa shape index (κ2) is 5.30. The molecule has 4 nitrogen and oxygen atoms in total. The fourth-order valence-electron chi connectivity index (χ4n) is 1.95. The molecule has 0 bridgehead atoms. The molecular formula is C12H14F2N2O2. The van der Waals surface area contributed by atoms with E-state index in [1.54, 1.807) is 7.05 Å². The van der Waals surface area contributed by atoms with Crippen LogP contribution in [0.25, 0.3) is 0 Å². The Morgan fingerprint density at radius 3 is 2.89 bits per heavy atom. The fourth-order valence-corrected chi connectivity index (χ4v) is 1.95. The van der Waals surface area contributed by atoms with E-state index < -0.39 is 23.8 Å². The van der Waals surface area contributed by atoms with Gasteiger partial charge >= 0.3 is 6.09 Å². The minimum atomic E-state index is -0.892. The number of hydrogen-bond donors (Lipinski definition) is 1. The highest BCUT2D eigenvalue weighted by Crippen LogP contribution is 2.21. The Bertz CT molecular complexity index is 454. The Kier molecular flexibility index (Phi) is 3.76. The van der Waals surface area contributed by atoms with Crippen molar-refractivity contribution in [3.8, 4) is 0 Å². The molecule has 0 spiro atoms. The summed E-state index contributed by atoms with van der Waals surface area (Å²) in [6, 6.07) is 3.54. The third kappa shape index (κ3) is 2.43. The van der Waals surface area contributed by atoms with E-state index in [9.17, 15) is 13.6 Å². The lowest BCUT2D eigenvalue weighted by atomic mass is 10.1. The van der Waals surface area contributed by atoms with E-state index in [-0.39, 0.29) is 12.1 Å². The smallest absolute Gasteiger partial charge is 0.410 e. The van der Waals surface area contributed by atoms with Gasteiger partial charge in [-0.2, -0.15) is 0 Å². The molecule has 1 amide bonds. The second-order valence-electron chi connectivity index (χ2n) is 4.04. The summed E-state index contributed by atoms with van der Waals surface area (Å²) in [6.45, 7) is 1.05. The van der Waals surface area contributed by atoms with Crippen molar-refractivity contribution in [1.29, 1.82) is 0 Å². The molecule has 18 heavy (non-hydrogen) atoms. The summed E-state index contributed by atoms with van der Waals surface area (Å²) < 4.78 is 31.6. The number of cyclic esters (lactones) is 1. The lowest BCUT2D eigenvalue weighted by Gasteiger charge is -2.22. The normalized spacial score (nSPS) is 16.8. The number of rotatable bonds is 4. The molecule has 1 saturated heterocycles. The summed E-state index contributed by atoms with van der Waals surface area (Å²) in [5.74, 6) is -1.78. The number of likely N-dealkylation sites (N-methyl/N-ethyl adjacent to an activating group) is 1. The number of halogens is 2. The van der Waals surface area contributed by atoms with Gasteiger partial charge in [0.25, 0.3) is 0 Å². The first-order chi connectivity index (χ1) is 8.63. The third-order valence-electron chi connectivity index (χ3n) is 2.95. The van der Waals surface area contributed by atoms with Crippen molar-refractivity contribution < 1.29 is 18.3 Å². The van der Waals surface area contributed by atoms with E-state index in [0.717, 1.165) is 6.07 Å². The monoisotopic (exact) mass is 256 g/mol. The molecule has 1 fully saturated rings. The zero-order valence-corrected chi connectivity index (χ0v) is 9.95. The Hall–Kier alpha value is -1.69. The molecule has 1 aromatic carbocycles. The van der Waals surface area contributed by atoms with Crippen molar-refractivity contribution in [2.24, 2.45) is 0 Å². The largest absolute Gasteiger partial charge is 0.448 e. The molecule has 1 aromatic rings. The van der Waals surface area contributed by atoms with Gasteiger partial charge in [-0.05, 0) is 13.1 Å². The number of nitrogens with zero attached hydrogens (tertiary/aromatic N) is 1. The second-order valence-corrected chi connectivity index (χ2v) is 4.04. The summed E-state index contributed by atoms with van der Waals surface area (Å²) in [5.41, 5.74) is 0.206. The zero-order valence-electron chi connectivity index (χ0n) is 9.95. The highest BCUT2D eigenvalue weighted by Gasteiger charge is 2.26. The Morgan fingerprint density at radius 1 is 1.50 bits per heavy atom. The van der Waals surface area contributed by atoms with Gasteiger partial charge in [0.1, 0.15) is 6.61 Å². The Labute approximate surface area is 104 Å². The van der Waals surface area contributed by atoms with Gasteiger partial charge in [0, 0.05) is 12.1 Å². The van der Waals surface area contributed by atoms with E-state index >= 15 is 0 Å². The van der Waals surface area contributed by atoms with Crippen LogP contribution in [0.5, 0.6) is 0 Å². The third-order valence-corrected chi connectivity index (χ3v) is 2.95. The van der Waals surface area contributed by atoms with Gasteiger partial charge in [-0.3, -0.25) is 0 Å². The first-order valence-electron chi connectivity index (χ1n) is 5.66. The SMILES string of the molecule is CNC(CN1CCOC1=O)c1cccc(F)c1F. The number of hydrogen-bond acceptors (Lipinski definition) is 3. The molecule has 6 heteroatoms. The fraction of sp³-hybridized carbons (Fsp3) is 0.417. The predicted octanol–water partition coefficient (Wildman–Crippen LogP) is 1.68. The molecule has 0 radical (unpaired) electrons. The highest BCUT2D eigenvalue weighted by molar-refractivity contribution is 5.69. The van der Waals surface area contributed by atoms with Gasteiger partial charge in [0.15, 0.2) is 11.6 Å². The molecule has 98 valence electrons. The molecular weight excluding hydrogens is 242 g/mol. The van der Waals surface area contributed by atoms with Gasteiger partial charge in [-0.25, -0.2) is 13.6 Å². The van der Waals surface area contributed by atoms with Gasteiger partial charge in [-0.15, -0.1) is 0 Å². The number of ether oxygens (including phenoxy) is 1. The van der Waals surface area contributed by atoms with Crippen LogP contribution in [0.15, 0.2) is 18.2 Å². The van der Waals surface area contributed by atoms with Crippen LogP contribution in [0, 0.1) is 11.6 Å². The Morgan fingerprint density at radius 2 is 2.28 bits per heavy atom. The van der Waals surface area contributed by atoms with Gasteiger partial charge < -0.3 is 15.0 Å². The van der Waals surface area contributed by atoms with E-state index in [0.29, 0.717) is 13.2 Å². The van der Waals surface area contributed by atoms with Crippen LogP contribution in [0.3, 0.4) is 0 Å². The van der Waals surface area contributed by atoms with Crippen LogP contribution in [-0.4, -0.2) is 37.7 Å². The van der Waals surface area contributed by atoms with Crippen LogP contribution in [-0.2, 0) is 4.74 Å². The van der Waals surface area contributed by atoms with Crippen molar-refractivity contribution >= 4 is 6.09 Å². The number of carbonyl (C=O) groups excluding carboxylic acids is 1. The number of carbonyl (C=O) groups is 1. The van der Waals surface area contributed by atoms with E-state index in [1.165, 1.54) is 17.0 Å². The van der Waals surface area contributed by atoms with Crippen LogP contribution in [0.2, 0.25) is 0 Å². The minimum Gasteiger partial charge on any atom is -0.448 e. The standard InChI is InChI=1S/C12H14F2N2O2/c1-15-10(7-16-5-6-18-12(16)17)8-3-2-4-9(13)11(8)14/h2-4,10,15H,5-7H2,1H3. The van der Waals surface area contributed by atoms with Crippen molar-refractivity contribution in [3.63, 3.8) is 0 Å². The lowest BCUT2D eigenvalue weighted by Crippen LogP contribution is -2.35. The Balaban J connectivity index is 2.17. The van der Waals surface area contributed by atoms with Crippen molar-refractivity contribution in [3.05, 3.63) is 35.4 Å². The van der Waals surface area contributed by atoms with E-state index in [2.05, 4.69) is 5.32 Å². The maximum Gasteiger partial charge on any atom is 0.410 e. The first-order valence-corrected chi connectivity index (χ1v) is 5.66. The molecule has 1 unspecified atom stereocenters. The van der Waals surface area contributed by atoms with Crippen molar-refractivity contribution in [1.82, 2.24) is 10.2 Å². The van der Waals surface area contributed by atoms with E-state index in [4.69, 9.17) is 4.74 Å². The summed E-state index contributed by atoms with van der Waals surface area (Å²) >= 11 is 0. The molecule has 1 atom stereocenters. The van der Waals surface area contributed by atoms with Crippen LogP contribution >= 0.6 is 0 Å². The zero-order chi connectivity index (χ0) is 13.1. The van der Waals surface area contributed by atoms with Crippen molar-refractivity contribution in [2.75, 3.05) is 26.7 Å². The molecule has 1 heterocycles. The molecule has 1 aliphatic rings. The summed E-state index contributed by atoms with van der Waals surface area (Å²) in [5, 5.41) is 2.88. The van der Waals surface area contributed by atoms with Gasteiger partial charge in [0.2, 0.25) is 0 Å². The number of nitrogens with one attached hydrogen (secondary N) is 1. The maximum absolute atomic E-state index is 13.7. The quantitative estimate of drug-likeness (QED) is 0.891. The average Bonchev–Trinajstić information content (AvgIpc) is 2.76. The highest BCUT2D eigenvalue weighted by atomic mass is 19.2.